The van der Waals surface area contributed by atoms with Crippen molar-refractivity contribution < 1.29 is 23.6 Å². The van der Waals surface area contributed by atoms with Gasteiger partial charge >= 0.3 is 0 Å². The van der Waals surface area contributed by atoms with Gasteiger partial charge in [0.1, 0.15) is 17.4 Å². The van der Waals surface area contributed by atoms with E-state index in [4.69, 9.17) is 14.2 Å². The molecule has 0 spiro atoms. The maximum absolute atomic E-state index is 13.1. The molecule has 0 atom stereocenters. The van der Waals surface area contributed by atoms with Crippen LogP contribution < -0.4 is 15.6 Å². The first kappa shape index (κ1) is 32.8. The number of Topliss-reactive ketones (excluding diaryl/α,β-unsaturated/α-hetero) is 1. The van der Waals surface area contributed by atoms with Gasteiger partial charge in [-0.15, -0.1) is 0 Å². The Morgan fingerprint density at radius 1 is 1.02 bits per heavy atom. The van der Waals surface area contributed by atoms with Crippen LogP contribution in [0.5, 0.6) is 5.75 Å². The smallest absolute Gasteiger partial charge is 0.256 e. The van der Waals surface area contributed by atoms with Crippen LogP contribution in [0.25, 0.3) is 11.0 Å². The first-order valence-corrected chi connectivity index (χ1v) is 16.8. The molecule has 252 valence electrons. The number of amides is 2. The van der Waals surface area contributed by atoms with Crippen molar-refractivity contribution in [1.29, 1.82) is 0 Å². The van der Waals surface area contributed by atoms with Crippen molar-refractivity contribution in [1.82, 2.24) is 34.7 Å². The minimum atomic E-state index is -0.162. The Morgan fingerprint density at radius 2 is 1.81 bits per heavy atom. The van der Waals surface area contributed by atoms with Gasteiger partial charge in [-0.1, -0.05) is 5.16 Å². The second kappa shape index (κ2) is 14.8. The molecule has 3 aromatic rings. The van der Waals surface area contributed by atoms with Gasteiger partial charge in [-0.3, -0.25) is 28.6 Å². The lowest BCUT2D eigenvalue weighted by atomic mass is 9.91. The molecular formula is C34H45N7O6. The Kier molecular flexibility index (Phi) is 10.3. The Hall–Kier alpha value is -4.10. The zero-order chi connectivity index (χ0) is 32.9. The number of hydrogen-bond donors (Lipinski definition) is 1. The first-order chi connectivity index (χ1) is 22.7. The lowest BCUT2D eigenvalue weighted by molar-refractivity contribution is -0.136. The van der Waals surface area contributed by atoms with Gasteiger partial charge in [-0.05, 0) is 71.2 Å². The fourth-order valence-corrected chi connectivity index (χ4v) is 6.98. The molecule has 3 aliphatic rings. The number of nitrogens with zero attached hydrogens (tertiary/aromatic N) is 6. The minimum absolute atomic E-state index is 0.0222. The average molecular weight is 648 g/mol. The van der Waals surface area contributed by atoms with Crippen molar-refractivity contribution in [3.8, 4) is 5.75 Å². The van der Waals surface area contributed by atoms with E-state index in [0.29, 0.717) is 43.4 Å². The molecule has 0 saturated carbocycles. The van der Waals surface area contributed by atoms with Crippen LogP contribution in [-0.4, -0.2) is 106 Å². The minimum Gasteiger partial charge on any atom is -0.473 e. The zero-order valence-electron chi connectivity index (χ0n) is 27.5. The molecule has 0 radical (unpaired) electrons. The van der Waals surface area contributed by atoms with Crippen molar-refractivity contribution in [2.45, 2.75) is 71.3 Å². The van der Waals surface area contributed by atoms with Crippen LogP contribution in [0.2, 0.25) is 0 Å². The molecule has 0 aliphatic carbocycles. The summed E-state index contributed by atoms with van der Waals surface area (Å²) in [5.74, 6) is 1.36. The number of aromatic nitrogens is 3. The fraction of sp³-hybridized carbons (Fsp3) is 0.588. The lowest BCUT2D eigenvalue weighted by Gasteiger charge is -2.34. The quantitative estimate of drug-likeness (QED) is 0.243. The molecule has 13 heteroatoms. The number of benzene rings is 1. The number of piperidine rings is 1. The Balaban J connectivity index is 0.934. The molecule has 1 aromatic carbocycles. The number of carbonyl (C=O) groups is 3. The van der Waals surface area contributed by atoms with Gasteiger partial charge in [0.05, 0.1) is 18.7 Å². The second-order valence-corrected chi connectivity index (χ2v) is 13.0. The van der Waals surface area contributed by atoms with Gasteiger partial charge in [-0.25, -0.2) is 4.98 Å². The van der Waals surface area contributed by atoms with E-state index in [2.05, 4.69) is 15.4 Å². The molecule has 2 aromatic heterocycles. The lowest BCUT2D eigenvalue weighted by Crippen LogP contribution is -2.51. The molecule has 2 fully saturated rings. The van der Waals surface area contributed by atoms with Gasteiger partial charge < -0.3 is 24.4 Å². The van der Waals surface area contributed by atoms with Crippen LogP contribution >= 0.6 is 0 Å². The summed E-state index contributed by atoms with van der Waals surface area (Å²) < 4.78 is 13.4. The summed E-state index contributed by atoms with van der Waals surface area (Å²) >= 11 is 0. The SMILES string of the molecule is CC(=O)CC(=O)N1CCN(CC(=O)NCOc2ccc3c(C4CCN(CCc5c(C)nc6n(c5=O)CCCC6)CC4)noc3c2)CC1. The van der Waals surface area contributed by atoms with E-state index in [1.807, 2.05) is 28.5 Å². The van der Waals surface area contributed by atoms with Crippen molar-refractivity contribution in [3.05, 3.63) is 51.3 Å². The van der Waals surface area contributed by atoms with Gasteiger partial charge in [0.15, 0.2) is 12.3 Å². The molecular weight excluding hydrogens is 602 g/mol. The fourth-order valence-electron chi connectivity index (χ4n) is 6.98. The highest BCUT2D eigenvalue weighted by atomic mass is 16.5. The van der Waals surface area contributed by atoms with E-state index in [1.54, 1.807) is 11.0 Å². The van der Waals surface area contributed by atoms with Gasteiger partial charge in [0, 0.05) is 74.3 Å². The predicted molar refractivity (Wildman–Crippen MR) is 174 cm³/mol. The summed E-state index contributed by atoms with van der Waals surface area (Å²) in [5.41, 5.74) is 3.50. The highest BCUT2D eigenvalue weighted by molar-refractivity contribution is 5.96. The molecule has 6 rings (SSSR count). The molecule has 13 nitrogen and oxygen atoms in total. The van der Waals surface area contributed by atoms with Gasteiger partial charge in [-0.2, -0.15) is 0 Å². The number of nitrogens with one attached hydrogen (secondary N) is 1. The van der Waals surface area contributed by atoms with Crippen LogP contribution in [-0.2, 0) is 33.8 Å². The number of piperazine rings is 1. The number of ether oxygens (including phenoxy) is 1. The number of fused-ring (bicyclic) bond motifs is 2. The van der Waals surface area contributed by atoms with Crippen LogP contribution in [0.3, 0.4) is 0 Å². The average Bonchev–Trinajstić information content (AvgIpc) is 3.48. The van der Waals surface area contributed by atoms with Crippen molar-refractivity contribution in [3.63, 3.8) is 0 Å². The number of aryl methyl sites for hydroxylation is 2. The molecule has 2 amide bonds. The molecule has 0 bridgehead atoms. The van der Waals surface area contributed by atoms with E-state index in [-0.39, 0.29) is 42.9 Å². The van der Waals surface area contributed by atoms with Crippen molar-refractivity contribution in [2.24, 2.45) is 0 Å². The molecule has 0 unspecified atom stereocenters. The van der Waals surface area contributed by atoms with Crippen LogP contribution in [0.15, 0.2) is 27.5 Å². The Morgan fingerprint density at radius 3 is 2.57 bits per heavy atom. The topological polar surface area (TPSA) is 143 Å². The first-order valence-electron chi connectivity index (χ1n) is 16.8. The van der Waals surface area contributed by atoms with Crippen LogP contribution in [0.4, 0.5) is 0 Å². The number of carbonyl (C=O) groups excluding carboxylic acids is 3. The Bertz CT molecular complexity index is 1670. The van der Waals surface area contributed by atoms with Gasteiger partial charge in [0.2, 0.25) is 11.8 Å². The van der Waals surface area contributed by atoms with Crippen LogP contribution in [0, 0.1) is 6.92 Å². The highest BCUT2D eigenvalue weighted by Gasteiger charge is 2.26. The van der Waals surface area contributed by atoms with Crippen molar-refractivity contribution in [2.75, 3.05) is 59.1 Å². The summed E-state index contributed by atoms with van der Waals surface area (Å²) in [4.78, 5) is 59.7. The summed E-state index contributed by atoms with van der Waals surface area (Å²) in [7, 11) is 0. The monoisotopic (exact) mass is 647 g/mol. The third-order valence-electron chi connectivity index (χ3n) is 9.70. The van der Waals surface area contributed by atoms with E-state index in [9.17, 15) is 19.2 Å². The van der Waals surface area contributed by atoms with E-state index >= 15 is 0 Å². The molecule has 2 saturated heterocycles. The number of ketones is 1. The van der Waals surface area contributed by atoms with Crippen LogP contribution in [0.1, 0.15) is 67.7 Å². The number of rotatable bonds is 11. The third kappa shape index (κ3) is 7.90. The summed E-state index contributed by atoms with van der Waals surface area (Å²) in [6, 6.07) is 5.64. The molecule has 47 heavy (non-hydrogen) atoms. The molecule has 1 N–H and O–H groups in total. The zero-order valence-corrected chi connectivity index (χ0v) is 27.5. The maximum Gasteiger partial charge on any atom is 0.256 e. The predicted octanol–water partition coefficient (Wildman–Crippen LogP) is 2.03. The standard InChI is InChI=1S/C34H45N7O6/c1-23(42)19-32(44)40-17-15-39(16-18-40)21-31(43)35-22-46-26-6-7-28-29(20-26)47-37-33(28)25-8-12-38(13-9-25)14-10-27-24(2)36-30-5-3-4-11-41(30)34(27)45/h6-7,20,25H,3-5,8-19,21-22H2,1-2H3,(H,35,43). The third-order valence-corrected chi connectivity index (χ3v) is 9.70. The highest BCUT2D eigenvalue weighted by Crippen LogP contribution is 2.34. The van der Waals surface area contributed by atoms with Crippen molar-refractivity contribution >= 4 is 28.6 Å². The largest absolute Gasteiger partial charge is 0.473 e. The summed E-state index contributed by atoms with van der Waals surface area (Å²) in [6.45, 7) is 9.29. The Labute approximate surface area is 274 Å². The van der Waals surface area contributed by atoms with E-state index in [0.717, 1.165) is 92.9 Å². The normalized spacial score (nSPS) is 17.9. The summed E-state index contributed by atoms with van der Waals surface area (Å²) in [5, 5.41) is 8.19. The molecule has 3 aliphatic heterocycles. The number of hydrogen-bond acceptors (Lipinski definition) is 10. The summed E-state index contributed by atoms with van der Waals surface area (Å²) in [6.07, 6.45) is 5.63. The maximum atomic E-state index is 13.1. The van der Waals surface area contributed by atoms with E-state index < -0.39 is 0 Å². The molecule has 5 heterocycles. The van der Waals surface area contributed by atoms with Gasteiger partial charge in [0.25, 0.3) is 5.56 Å². The number of likely N-dealkylation sites (tertiary alicyclic amines) is 1. The van der Waals surface area contributed by atoms with E-state index in [1.165, 1.54) is 6.92 Å². The second-order valence-electron chi connectivity index (χ2n) is 13.0.